The smallest absolute Gasteiger partial charge is 0.280 e. The third-order valence-corrected chi connectivity index (χ3v) is 7.57. The van der Waals surface area contributed by atoms with Gasteiger partial charge in [-0.2, -0.15) is 0 Å². The summed E-state index contributed by atoms with van der Waals surface area (Å²) in [6.45, 7) is 8.06. The number of hydrogen-bond donors (Lipinski definition) is 1. The highest BCUT2D eigenvalue weighted by Crippen LogP contribution is 2.54. The number of aromatic nitrogens is 3. The molecule has 0 saturated heterocycles. The number of nitrogens with zero attached hydrogens (tertiary/aromatic N) is 4. The molecule has 0 radical (unpaired) electrons. The highest BCUT2D eigenvalue weighted by molar-refractivity contribution is 6.31. The number of anilines is 2. The number of carbonyl (C=O) groups excluding carboxylic acids is 2. The third-order valence-electron chi connectivity index (χ3n) is 7.35. The van der Waals surface area contributed by atoms with E-state index in [9.17, 15) is 14.0 Å². The molecule has 11 heteroatoms. The Morgan fingerprint density at radius 3 is 2.61 bits per heavy atom. The summed E-state index contributed by atoms with van der Waals surface area (Å²) in [7, 11) is 1.52. The standard InChI is InChI=1S/C30H27ClFN5O4/c1-6-41-24-13-23(40-5)20(14-33-24)27-35-25-26(36(27)15(2)3)30(21-8-7-16(4)9-22(21)34-29(30)39)37(28(25)38)19-11-17(31)10-18(32)12-19/h7-15H,6H2,1-5H3,(H,34,39). The Kier molecular flexibility index (Phi) is 6.26. The lowest BCUT2D eigenvalue weighted by Gasteiger charge is -2.35. The molecule has 4 heterocycles. The Morgan fingerprint density at radius 2 is 1.93 bits per heavy atom. The van der Waals surface area contributed by atoms with Crippen LogP contribution in [0.1, 0.15) is 54.1 Å². The number of imidazole rings is 1. The van der Waals surface area contributed by atoms with Crippen molar-refractivity contribution in [2.75, 3.05) is 23.9 Å². The molecule has 2 aliphatic rings. The first-order valence-corrected chi connectivity index (χ1v) is 13.5. The molecule has 0 bridgehead atoms. The van der Waals surface area contributed by atoms with E-state index in [1.165, 1.54) is 24.1 Å². The molecule has 2 aliphatic heterocycles. The van der Waals surface area contributed by atoms with E-state index in [0.29, 0.717) is 46.6 Å². The van der Waals surface area contributed by atoms with Crippen LogP contribution in [-0.2, 0) is 10.3 Å². The van der Waals surface area contributed by atoms with Gasteiger partial charge in [0.2, 0.25) is 5.88 Å². The van der Waals surface area contributed by atoms with Crippen molar-refractivity contribution < 1.29 is 23.5 Å². The van der Waals surface area contributed by atoms with Gasteiger partial charge in [0.05, 0.1) is 30.7 Å². The lowest BCUT2D eigenvalue weighted by molar-refractivity contribution is -0.119. The van der Waals surface area contributed by atoms with Crippen molar-refractivity contribution in [3.8, 4) is 23.0 Å². The lowest BCUT2D eigenvalue weighted by Crippen LogP contribution is -2.51. The molecule has 1 atom stereocenters. The van der Waals surface area contributed by atoms with Gasteiger partial charge < -0.3 is 19.4 Å². The Hall–Kier alpha value is -4.44. The molecule has 2 amide bonds. The van der Waals surface area contributed by atoms with Crippen molar-refractivity contribution in [2.24, 2.45) is 0 Å². The molecule has 2 aromatic heterocycles. The van der Waals surface area contributed by atoms with Gasteiger partial charge in [0.15, 0.2) is 11.2 Å². The Balaban J connectivity index is 1.69. The second-order valence-electron chi connectivity index (χ2n) is 10.2. The van der Waals surface area contributed by atoms with E-state index in [2.05, 4.69) is 10.3 Å². The van der Waals surface area contributed by atoms with Crippen LogP contribution in [-0.4, -0.2) is 40.1 Å². The molecule has 0 fully saturated rings. The Morgan fingerprint density at radius 1 is 1.15 bits per heavy atom. The number of fused-ring (bicyclic) bond motifs is 4. The SMILES string of the molecule is CCOc1cc(OC)c(-c2nc3c(n2C(C)C)C2(C(=O)Nc4cc(C)ccc42)N(c2cc(F)cc(Cl)c2)C3=O)cn1. The molecule has 6 rings (SSSR count). The average molecular weight is 576 g/mol. The van der Waals surface area contributed by atoms with Gasteiger partial charge in [-0.1, -0.05) is 23.7 Å². The number of pyridine rings is 1. The number of carbonyl (C=O) groups is 2. The van der Waals surface area contributed by atoms with Crippen LogP contribution in [0.5, 0.6) is 11.6 Å². The minimum atomic E-state index is -1.69. The molecular weight excluding hydrogens is 549 g/mol. The minimum absolute atomic E-state index is 0.0635. The van der Waals surface area contributed by atoms with Gasteiger partial charge in [-0.15, -0.1) is 0 Å². The number of benzene rings is 2. The molecular formula is C30H27ClFN5O4. The maximum Gasteiger partial charge on any atom is 0.280 e. The molecule has 210 valence electrons. The molecule has 41 heavy (non-hydrogen) atoms. The number of halogens is 2. The number of aryl methyl sites for hydroxylation is 1. The summed E-state index contributed by atoms with van der Waals surface area (Å²) in [6, 6.07) is 10.7. The largest absolute Gasteiger partial charge is 0.496 e. The van der Waals surface area contributed by atoms with Crippen molar-refractivity contribution in [1.82, 2.24) is 14.5 Å². The van der Waals surface area contributed by atoms with Gasteiger partial charge in [0.1, 0.15) is 17.4 Å². The minimum Gasteiger partial charge on any atom is -0.496 e. The van der Waals surface area contributed by atoms with E-state index in [0.717, 1.165) is 11.6 Å². The first kappa shape index (κ1) is 26.8. The topological polar surface area (TPSA) is 98.6 Å². The van der Waals surface area contributed by atoms with Crippen molar-refractivity contribution in [3.05, 3.63) is 82.0 Å². The molecule has 1 spiro atoms. The highest BCUT2D eigenvalue weighted by atomic mass is 35.5. The van der Waals surface area contributed by atoms with Crippen molar-refractivity contribution in [2.45, 2.75) is 39.3 Å². The van der Waals surface area contributed by atoms with Crippen molar-refractivity contribution >= 4 is 34.8 Å². The lowest BCUT2D eigenvalue weighted by atomic mass is 9.86. The molecule has 2 aromatic carbocycles. The van der Waals surface area contributed by atoms with E-state index in [4.69, 9.17) is 26.1 Å². The van der Waals surface area contributed by atoms with Gasteiger partial charge in [-0.3, -0.25) is 14.5 Å². The molecule has 1 N–H and O–H groups in total. The predicted octanol–water partition coefficient (Wildman–Crippen LogP) is 5.89. The fourth-order valence-electron chi connectivity index (χ4n) is 5.82. The van der Waals surface area contributed by atoms with Gasteiger partial charge in [-0.25, -0.2) is 14.4 Å². The summed E-state index contributed by atoms with van der Waals surface area (Å²) >= 11 is 6.24. The van der Waals surface area contributed by atoms with E-state index < -0.39 is 23.2 Å². The molecule has 9 nitrogen and oxygen atoms in total. The van der Waals surface area contributed by atoms with Crippen LogP contribution in [0.25, 0.3) is 11.4 Å². The van der Waals surface area contributed by atoms with Gasteiger partial charge in [0.25, 0.3) is 11.8 Å². The predicted molar refractivity (Wildman–Crippen MR) is 152 cm³/mol. The second kappa shape index (κ2) is 9.59. The van der Waals surface area contributed by atoms with Gasteiger partial charge in [-0.05, 0) is 57.5 Å². The normalized spacial score (nSPS) is 17.3. The highest BCUT2D eigenvalue weighted by Gasteiger charge is 2.64. The van der Waals surface area contributed by atoms with E-state index in [1.807, 2.05) is 50.5 Å². The average Bonchev–Trinajstić information content (AvgIpc) is 3.52. The summed E-state index contributed by atoms with van der Waals surface area (Å²) in [5.74, 6) is -0.448. The summed E-state index contributed by atoms with van der Waals surface area (Å²) in [5, 5.41) is 3.06. The number of nitrogens with one attached hydrogen (secondary N) is 1. The number of amides is 2. The van der Waals surface area contributed by atoms with Crippen molar-refractivity contribution in [3.63, 3.8) is 0 Å². The fraction of sp³-hybridized carbons (Fsp3) is 0.267. The third kappa shape index (κ3) is 3.81. The molecule has 0 saturated carbocycles. The second-order valence-corrected chi connectivity index (χ2v) is 10.7. The van der Waals surface area contributed by atoms with E-state index >= 15 is 0 Å². The van der Waals surface area contributed by atoms with Gasteiger partial charge >= 0.3 is 0 Å². The molecule has 1 unspecified atom stereocenters. The zero-order valence-corrected chi connectivity index (χ0v) is 23.8. The number of ether oxygens (including phenoxy) is 2. The summed E-state index contributed by atoms with van der Waals surface area (Å²) < 4.78 is 27.7. The zero-order valence-electron chi connectivity index (χ0n) is 23.1. The van der Waals surface area contributed by atoms with E-state index in [-0.39, 0.29) is 22.4 Å². The maximum atomic E-state index is 14.7. The Bertz CT molecular complexity index is 1730. The van der Waals surface area contributed by atoms with Crippen LogP contribution in [0, 0.1) is 12.7 Å². The van der Waals surface area contributed by atoms with Crippen LogP contribution < -0.4 is 19.7 Å². The number of rotatable bonds is 6. The molecule has 4 aromatic rings. The quantitative estimate of drug-likeness (QED) is 0.308. The molecule has 0 aliphatic carbocycles. The van der Waals surface area contributed by atoms with Crippen LogP contribution in [0.2, 0.25) is 5.02 Å². The summed E-state index contributed by atoms with van der Waals surface area (Å²) in [4.78, 5) is 39.1. The van der Waals surface area contributed by atoms with Crippen LogP contribution in [0.15, 0.2) is 48.7 Å². The van der Waals surface area contributed by atoms with Crippen LogP contribution >= 0.6 is 11.6 Å². The number of hydrogen-bond acceptors (Lipinski definition) is 6. The van der Waals surface area contributed by atoms with E-state index in [1.54, 1.807) is 12.3 Å². The van der Waals surface area contributed by atoms with Crippen LogP contribution in [0.4, 0.5) is 15.8 Å². The first-order chi connectivity index (χ1) is 19.6. The summed E-state index contributed by atoms with van der Waals surface area (Å²) in [6.07, 6.45) is 1.58. The monoisotopic (exact) mass is 575 g/mol. The zero-order chi connectivity index (χ0) is 29.2. The Labute approximate surface area is 240 Å². The van der Waals surface area contributed by atoms with Crippen molar-refractivity contribution in [1.29, 1.82) is 0 Å². The first-order valence-electron chi connectivity index (χ1n) is 13.1. The number of methoxy groups -OCH3 is 1. The fourth-order valence-corrected chi connectivity index (χ4v) is 6.03. The van der Waals surface area contributed by atoms with Gasteiger partial charge in [0, 0.05) is 34.6 Å². The maximum absolute atomic E-state index is 14.7. The summed E-state index contributed by atoms with van der Waals surface area (Å²) in [5.41, 5.74) is 1.43. The van der Waals surface area contributed by atoms with Crippen LogP contribution in [0.3, 0.4) is 0 Å².